The van der Waals surface area contributed by atoms with E-state index < -0.39 is 6.10 Å². The fraction of sp³-hybridized carbons (Fsp3) is 0.400. The number of rotatable bonds is 5. The smallest absolute Gasteiger partial charge is 0.130 e. The molecule has 0 bridgehead atoms. The van der Waals surface area contributed by atoms with Crippen molar-refractivity contribution < 1.29 is 14.2 Å². The highest BCUT2D eigenvalue weighted by Crippen LogP contribution is 2.26. The summed E-state index contributed by atoms with van der Waals surface area (Å²) in [6.07, 6.45) is 2.71. The van der Waals surface area contributed by atoms with Gasteiger partial charge in [-0.15, -0.1) is 0 Å². The Morgan fingerprint density at radius 2 is 2.10 bits per heavy atom. The number of hydrogen-bond acceptors (Lipinski definition) is 3. The van der Waals surface area contributed by atoms with Gasteiger partial charge in [-0.1, -0.05) is 0 Å². The lowest BCUT2D eigenvalue weighted by molar-refractivity contribution is 0.188. The molecule has 0 aliphatic rings. The Morgan fingerprint density at radius 1 is 1.35 bits per heavy atom. The van der Waals surface area contributed by atoms with E-state index in [0.717, 1.165) is 5.69 Å². The lowest BCUT2D eigenvalue weighted by atomic mass is 10.1. The van der Waals surface area contributed by atoms with E-state index >= 15 is 0 Å². The summed E-state index contributed by atoms with van der Waals surface area (Å²) in [4.78, 5) is 4.10. The lowest BCUT2D eigenvalue weighted by Crippen LogP contribution is -2.08. The number of halogens is 1. The first kappa shape index (κ1) is 14.5. The number of aliphatic hydroxyl groups is 1. The first-order valence-electron chi connectivity index (χ1n) is 6.60. The molecule has 0 spiro atoms. The third-order valence-corrected chi connectivity index (χ3v) is 3.10. The number of nitrogens with zero attached hydrogens (tertiary/aromatic N) is 2. The number of hydrogen-bond donors (Lipinski definition) is 1. The predicted octanol–water partition coefficient (Wildman–Crippen LogP) is 3.24. The van der Waals surface area contributed by atoms with Crippen LogP contribution in [0.1, 0.15) is 44.2 Å². The van der Waals surface area contributed by atoms with Gasteiger partial charge in [0.25, 0.3) is 0 Å². The van der Waals surface area contributed by atoms with Crippen molar-refractivity contribution in [2.75, 3.05) is 0 Å². The van der Waals surface area contributed by atoms with Crippen LogP contribution in [0.25, 0.3) is 0 Å². The van der Waals surface area contributed by atoms with Crippen molar-refractivity contribution in [3.8, 4) is 5.75 Å². The fourth-order valence-electron chi connectivity index (χ4n) is 2.04. The molecule has 108 valence electrons. The molecule has 1 aromatic carbocycles. The van der Waals surface area contributed by atoms with Crippen LogP contribution in [0.5, 0.6) is 5.75 Å². The summed E-state index contributed by atoms with van der Waals surface area (Å²) in [5, 5.41) is 9.66. The first-order valence-corrected chi connectivity index (χ1v) is 6.60. The molecule has 2 rings (SSSR count). The topological polar surface area (TPSA) is 47.3 Å². The molecule has 4 nitrogen and oxygen atoms in total. The van der Waals surface area contributed by atoms with Gasteiger partial charge in [-0.25, -0.2) is 9.37 Å². The minimum atomic E-state index is -0.782. The van der Waals surface area contributed by atoms with Gasteiger partial charge in [0.15, 0.2) is 0 Å². The van der Waals surface area contributed by atoms with Crippen LogP contribution < -0.4 is 4.74 Å². The summed E-state index contributed by atoms with van der Waals surface area (Å²) in [5.74, 6) is 0.0957. The van der Waals surface area contributed by atoms with Crippen molar-refractivity contribution in [2.45, 2.75) is 39.5 Å². The molecule has 0 radical (unpaired) electrons. The molecule has 0 unspecified atom stereocenters. The van der Waals surface area contributed by atoms with Gasteiger partial charge in [0.2, 0.25) is 0 Å². The molecule has 1 heterocycles. The Labute approximate surface area is 117 Å². The molecule has 0 amide bonds. The third kappa shape index (κ3) is 3.17. The standard InChI is InChI=1S/C15H19FN2O2/c1-10(2)18-9-17-7-13(18)8-20-15-5-4-12(16)6-14(15)11(3)19/h4-7,9-11,19H,8H2,1-3H3/t11-/m0/s1. The van der Waals surface area contributed by atoms with E-state index in [1.807, 2.05) is 4.57 Å². The van der Waals surface area contributed by atoms with Crippen LogP contribution in [0.4, 0.5) is 4.39 Å². The molecule has 1 aromatic heterocycles. The molecule has 0 aliphatic heterocycles. The van der Waals surface area contributed by atoms with E-state index in [2.05, 4.69) is 18.8 Å². The van der Waals surface area contributed by atoms with Crippen LogP contribution in [0.2, 0.25) is 0 Å². The maximum Gasteiger partial charge on any atom is 0.130 e. The molecule has 5 heteroatoms. The zero-order valence-electron chi connectivity index (χ0n) is 11.9. The van der Waals surface area contributed by atoms with Crippen molar-refractivity contribution >= 4 is 0 Å². The second-order valence-electron chi connectivity index (χ2n) is 5.03. The van der Waals surface area contributed by atoms with Crippen LogP contribution in [0.3, 0.4) is 0 Å². The zero-order chi connectivity index (χ0) is 14.7. The van der Waals surface area contributed by atoms with Crippen molar-refractivity contribution in [2.24, 2.45) is 0 Å². The highest BCUT2D eigenvalue weighted by molar-refractivity contribution is 5.35. The first-order chi connectivity index (χ1) is 9.49. The maximum absolute atomic E-state index is 13.2. The highest BCUT2D eigenvalue weighted by atomic mass is 19.1. The number of aromatic nitrogens is 2. The van der Waals surface area contributed by atoms with Gasteiger partial charge < -0.3 is 14.4 Å². The molecule has 0 saturated carbocycles. The van der Waals surface area contributed by atoms with Crippen LogP contribution in [0, 0.1) is 5.82 Å². The Kier molecular flexibility index (Phi) is 4.39. The third-order valence-electron chi connectivity index (χ3n) is 3.10. The predicted molar refractivity (Wildman–Crippen MR) is 74.0 cm³/mol. The molecule has 20 heavy (non-hydrogen) atoms. The molecular weight excluding hydrogens is 259 g/mol. The van der Waals surface area contributed by atoms with Crippen LogP contribution >= 0.6 is 0 Å². The summed E-state index contributed by atoms with van der Waals surface area (Å²) in [7, 11) is 0. The molecule has 1 atom stereocenters. The van der Waals surface area contributed by atoms with Crippen LogP contribution in [-0.2, 0) is 6.61 Å². The Balaban J connectivity index is 2.17. The van der Waals surface area contributed by atoms with Gasteiger partial charge in [0.1, 0.15) is 18.2 Å². The number of benzene rings is 1. The van der Waals surface area contributed by atoms with Gasteiger partial charge >= 0.3 is 0 Å². The van der Waals surface area contributed by atoms with E-state index in [9.17, 15) is 9.50 Å². The Bertz CT molecular complexity index is 579. The number of ether oxygens (including phenoxy) is 1. The summed E-state index contributed by atoms with van der Waals surface area (Å²) in [6, 6.07) is 4.44. The zero-order valence-corrected chi connectivity index (χ0v) is 11.9. The molecule has 0 saturated heterocycles. The fourth-order valence-corrected chi connectivity index (χ4v) is 2.04. The molecule has 1 N–H and O–H groups in total. The van der Waals surface area contributed by atoms with Gasteiger partial charge in [-0.2, -0.15) is 0 Å². The van der Waals surface area contributed by atoms with Gasteiger partial charge in [-0.3, -0.25) is 0 Å². The highest BCUT2D eigenvalue weighted by Gasteiger charge is 2.12. The van der Waals surface area contributed by atoms with E-state index in [0.29, 0.717) is 24.0 Å². The molecule has 2 aromatic rings. The second kappa shape index (κ2) is 6.05. The minimum absolute atomic E-state index is 0.292. The van der Waals surface area contributed by atoms with E-state index in [1.54, 1.807) is 19.4 Å². The van der Waals surface area contributed by atoms with Crippen molar-refractivity contribution in [1.82, 2.24) is 9.55 Å². The summed E-state index contributed by atoms with van der Waals surface area (Å²) in [6.45, 7) is 6.03. The molecular formula is C15H19FN2O2. The minimum Gasteiger partial charge on any atom is -0.487 e. The molecule has 0 fully saturated rings. The van der Waals surface area contributed by atoms with E-state index in [-0.39, 0.29) is 5.82 Å². The van der Waals surface area contributed by atoms with Crippen LogP contribution in [0.15, 0.2) is 30.7 Å². The average molecular weight is 278 g/mol. The normalized spacial score (nSPS) is 12.7. The monoisotopic (exact) mass is 278 g/mol. The van der Waals surface area contributed by atoms with Crippen molar-refractivity contribution in [1.29, 1.82) is 0 Å². The second-order valence-corrected chi connectivity index (χ2v) is 5.03. The summed E-state index contributed by atoms with van der Waals surface area (Å²) < 4.78 is 20.9. The average Bonchev–Trinajstić information content (AvgIpc) is 2.85. The maximum atomic E-state index is 13.2. The number of aliphatic hydroxyl groups excluding tert-OH is 1. The van der Waals surface area contributed by atoms with Crippen molar-refractivity contribution in [3.05, 3.63) is 47.8 Å². The summed E-state index contributed by atoms with van der Waals surface area (Å²) >= 11 is 0. The van der Waals surface area contributed by atoms with Gasteiger partial charge in [0, 0.05) is 11.6 Å². The summed E-state index contributed by atoms with van der Waals surface area (Å²) in [5.41, 5.74) is 1.38. The van der Waals surface area contributed by atoms with Gasteiger partial charge in [-0.05, 0) is 39.0 Å². The Hall–Kier alpha value is -1.88. The SMILES string of the molecule is CC(C)n1cncc1COc1ccc(F)cc1[C@H](C)O. The largest absolute Gasteiger partial charge is 0.487 e. The lowest BCUT2D eigenvalue weighted by Gasteiger charge is -2.15. The quantitative estimate of drug-likeness (QED) is 0.913. The number of imidazole rings is 1. The van der Waals surface area contributed by atoms with Crippen LogP contribution in [-0.4, -0.2) is 14.7 Å². The van der Waals surface area contributed by atoms with Gasteiger partial charge in [0.05, 0.1) is 24.3 Å². The Morgan fingerprint density at radius 3 is 2.75 bits per heavy atom. The van der Waals surface area contributed by atoms with E-state index in [4.69, 9.17) is 4.74 Å². The van der Waals surface area contributed by atoms with E-state index in [1.165, 1.54) is 18.2 Å². The molecule has 0 aliphatic carbocycles. The van der Waals surface area contributed by atoms with Crippen molar-refractivity contribution in [3.63, 3.8) is 0 Å².